The number of nitrogens with zero attached hydrogens (tertiary/aromatic N) is 2. The molecule has 0 saturated heterocycles. The monoisotopic (exact) mass is 315 g/mol. The Morgan fingerprint density at radius 3 is 2.52 bits per heavy atom. The number of alkyl halides is 3. The topological polar surface area (TPSA) is 81.1 Å². The van der Waals surface area contributed by atoms with Crippen molar-refractivity contribution < 1.29 is 23.1 Å². The highest BCUT2D eigenvalue weighted by molar-refractivity contribution is 7.80. The van der Waals surface area contributed by atoms with Crippen LogP contribution in [0.25, 0.3) is 5.69 Å². The van der Waals surface area contributed by atoms with Crippen molar-refractivity contribution in [1.82, 2.24) is 9.78 Å². The van der Waals surface area contributed by atoms with E-state index in [2.05, 4.69) is 5.10 Å². The molecule has 21 heavy (non-hydrogen) atoms. The average Bonchev–Trinajstić information content (AvgIpc) is 2.84. The van der Waals surface area contributed by atoms with Gasteiger partial charge in [-0.15, -0.1) is 0 Å². The van der Waals surface area contributed by atoms with Gasteiger partial charge in [-0.2, -0.15) is 18.3 Å². The summed E-state index contributed by atoms with van der Waals surface area (Å²) in [6.07, 6.45) is -4.74. The van der Waals surface area contributed by atoms with E-state index in [1.54, 1.807) is 6.07 Å². The van der Waals surface area contributed by atoms with Crippen LogP contribution in [0.5, 0.6) is 0 Å². The lowest BCUT2D eigenvalue weighted by atomic mass is 10.2. The minimum atomic E-state index is -4.74. The second kappa shape index (κ2) is 5.17. The van der Waals surface area contributed by atoms with Crippen LogP contribution in [-0.2, 0) is 6.18 Å². The van der Waals surface area contributed by atoms with E-state index >= 15 is 0 Å². The van der Waals surface area contributed by atoms with Crippen molar-refractivity contribution in [3.05, 3.63) is 47.3 Å². The first-order chi connectivity index (χ1) is 9.70. The van der Waals surface area contributed by atoms with Gasteiger partial charge >= 0.3 is 12.1 Å². The quantitative estimate of drug-likeness (QED) is 0.849. The van der Waals surface area contributed by atoms with Crippen LogP contribution in [0.3, 0.4) is 0 Å². The molecule has 0 fully saturated rings. The molecular weight excluding hydrogens is 307 g/mol. The van der Waals surface area contributed by atoms with Crippen LogP contribution in [0, 0.1) is 0 Å². The van der Waals surface area contributed by atoms with Crippen LogP contribution >= 0.6 is 12.2 Å². The van der Waals surface area contributed by atoms with E-state index in [0.29, 0.717) is 16.3 Å². The van der Waals surface area contributed by atoms with Gasteiger partial charge in [0.15, 0.2) is 11.4 Å². The number of carbonyl (C=O) groups is 1. The summed E-state index contributed by atoms with van der Waals surface area (Å²) in [5.41, 5.74) is 4.05. The highest BCUT2D eigenvalue weighted by Gasteiger charge is 2.36. The molecule has 0 bridgehead atoms. The van der Waals surface area contributed by atoms with Gasteiger partial charge in [0.05, 0.1) is 5.69 Å². The van der Waals surface area contributed by atoms with Crippen LogP contribution in [0.1, 0.15) is 21.7 Å². The Kier molecular flexibility index (Phi) is 3.69. The summed E-state index contributed by atoms with van der Waals surface area (Å²) in [5.74, 6) is -1.53. The van der Waals surface area contributed by atoms with Crippen molar-refractivity contribution in [1.29, 1.82) is 0 Å². The van der Waals surface area contributed by atoms with Gasteiger partial charge in [-0.3, -0.25) is 0 Å². The number of aromatic nitrogens is 2. The molecule has 0 aliphatic carbocycles. The lowest BCUT2D eigenvalue weighted by Gasteiger charge is -2.06. The smallest absolute Gasteiger partial charge is 0.435 e. The Hall–Kier alpha value is -2.42. The van der Waals surface area contributed by atoms with E-state index < -0.39 is 23.5 Å². The number of nitrogens with two attached hydrogens (primary N) is 1. The molecule has 1 aromatic carbocycles. The maximum Gasteiger partial charge on any atom is 0.435 e. The molecule has 1 heterocycles. The molecule has 0 amide bonds. The van der Waals surface area contributed by atoms with Crippen molar-refractivity contribution >= 4 is 23.2 Å². The second-order valence-electron chi connectivity index (χ2n) is 4.04. The number of carboxylic acid groups (broad SMARTS) is 1. The van der Waals surface area contributed by atoms with E-state index in [1.807, 2.05) is 0 Å². The number of thiocarbonyl (C=S) groups is 1. The molecule has 9 heteroatoms. The maximum absolute atomic E-state index is 12.7. The lowest BCUT2D eigenvalue weighted by Crippen LogP contribution is -2.12. The highest BCUT2D eigenvalue weighted by atomic mass is 32.1. The minimum absolute atomic E-state index is 0.0388. The largest absolute Gasteiger partial charge is 0.477 e. The molecule has 0 atom stereocenters. The molecule has 0 aliphatic rings. The van der Waals surface area contributed by atoms with Crippen molar-refractivity contribution in [2.24, 2.45) is 5.73 Å². The average molecular weight is 315 g/mol. The molecule has 2 aromatic rings. The molecule has 0 radical (unpaired) electrons. The van der Waals surface area contributed by atoms with Gasteiger partial charge in [-0.25, -0.2) is 9.48 Å². The first-order valence-electron chi connectivity index (χ1n) is 5.51. The summed E-state index contributed by atoms with van der Waals surface area (Å²) in [5, 5.41) is 12.3. The summed E-state index contributed by atoms with van der Waals surface area (Å²) in [7, 11) is 0. The molecule has 2 rings (SSSR count). The fraction of sp³-hybridized carbons (Fsp3) is 0.0833. The van der Waals surface area contributed by atoms with E-state index in [4.69, 9.17) is 23.1 Å². The van der Waals surface area contributed by atoms with E-state index in [0.717, 1.165) is 0 Å². The van der Waals surface area contributed by atoms with E-state index in [9.17, 15) is 18.0 Å². The predicted octanol–water partition coefficient (Wildman–Crippen LogP) is 2.22. The molecular formula is C12H8F3N3O2S. The Morgan fingerprint density at radius 2 is 2.00 bits per heavy atom. The van der Waals surface area contributed by atoms with Gasteiger partial charge in [0.1, 0.15) is 4.99 Å². The summed E-state index contributed by atoms with van der Waals surface area (Å²) < 4.78 is 38.7. The molecule has 5 nitrogen and oxygen atoms in total. The number of hydrogen-bond acceptors (Lipinski definition) is 3. The Balaban J connectivity index is 2.62. The van der Waals surface area contributed by atoms with Gasteiger partial charge in [0.25, 0.3) is 0 Å². The zero-order chi connectivity index (χ0) is 15.8. The Morgan fingerprint density at radius 1 is 1.33 bits per heavy atom. The van der Waals surface area contributed by atoms with Crippen LogP contribution in [0.4, 0.5) is 13.2 Å². The second-order valence-corrected chi connectivity index (χ2v) is 4.48. The van der Waals surface area contributed by atoms with Crippen LogP contribution < -0.4 is 5.73 Å². The van der Waals surface area contributed by atoms with Crippen molar-refractivity contribution in [2.75, 3.05) is 0 Å². The van der Waals surface area contributed by atoms with E-state index in [-0.39, 0.29) is 10.7 Å². The van der Waals surface area contributed by atoms with Gasteiger partial charge < -0.3 is 10.8 Å². The van der Waals surface area contributed by atoms with E-state index in [1.165, 1.54) is 18.2 Å². The van der Waals surface area contributed by atoms with Crippen molar-refractivity contribution in [3.8, 4) is 5.69 Å². The number of rotatable bonds is 3. The third kappa shape index (κ3) is 3.02. The fourth-order valence-electron chi connectivity index (χ4n) is 1.66. The maximum atomic E-state index is 12.7. The Labute approximate surface area is 121 Å². The standard InChI is InChI=1S/C12H8F3N3O2S/c13-12(14,15)9-5-8(11(19)20)18(17-9)7-3-1-2-6(4-7)10(16)21/h1-5H,(H2,16,21)(H,19,20). The minimum Gasteiger partial charge on any atom is -0.477 e. The summed E-state index contributed by atoms with van der Waals surface area (Å²) in [4.78, 5) is 11.1. The molecule has 110 valence electrons. The predicted molar refractivity (Wildman–Crippen MR) is 71.4 cm³/mol. The molecule has 0 aliphatic heterocycles. The normalized spacial score (nSPS) is 11.4. The van der Waals surface area contributed by atoms with Gasteiger partial charge in [-0.1, -0.05) is 24.4 Å². The molecule has 0 saturated carbocycles. The fourth-order valence-corrected chi connectivity index (χ4v) is 1.79. The lowest BCUT2D eigenvalue weighted by molar-refractivity contribution is -0.141. The highest BCUT2D eigenvalue weighted by Crippen LogP contribution is 2.29. The third-order valence-corrected chi connectivity index (χ3v) is 2.83. The van der Waals surface area contributed by atoms with Crippen molar-refractivity contribution in [3.63, 3.8) is 0 Å². The SMILES string of the molecule is NC(=S)c1cccc(-n2nc(C(F)(F)F)cc2C(=O)O)c1. The van der Waals surface area contributed by atoms with Crippen LogP contribution in [0.2, 0.25) is 0 Å². The number of halogens is 3. The zero-order valence-corrected chi connectivity index (χ0v) is 11.1. The first-order valence-corrected chi connectivity index (χ1v) is 5.92. The Bertz CT molecular complexity index is 725. The number of benzene rings is 1. The van der Waals surface area contributed by atoms with Crippen molar-refractivity contribution in [2.45, 2.75) is 6.18 Å². The third-order valence-electron chi connectivity index (χ3n) is 2.59. The molecule has 0 spiro atoms. The summed E-state index contributed by atoms with van der Waals surface area (Å²) in [6.45, 7) is 0. The van der Waals surface area contributed by atoms with Gasteiger partial charge in [-0.05, 0) is 12.1 Å². The van der Waals surface area contributed by atoms with Crippen LogP contribution in [-0.4, -0.2) is 25.8 Å². The van der Waals surface area contributed by atoms with Crippen LogP contribution in [0.15, 0.2) is 30.3 Å². The number of aromatic carboxylic acids is 1. The summed E-state index contributed by atoms with van der Waals surface area (Å²) >= 11 is 4.77. The zero-order valence-electron chi connectivity index (χ0n) is 10.3. The number of hydrogen-bond donors (Lipinski definition) is 2. The molecule has 3 N–H and O–H groups in total. The molecule has 1 aromatic heterocycles. The number of carboxylic acids is 1. The van der Waals surface area contributed by atoms with Gasteiger partial charge in [0.2, 0.25) is 0 Å². The summed E-state index contributed by atoms with van der Waals surface area (Å²) in [6, 6.07) is 6.28. The van der Waals surface area contributed by atoms with Gasteiger partial charge in [0, 0.05) is 11.6 Å². The molecule has 0 unspecified atom stereocenters. The first kappa shape index (κ1) is 15.0.